The molecule has 1 saturated heterocycles. The zero-order valence-corrected chi connectivity index (χ0v) is 8.25. The van der Waals surface area contributed by atoms with E-state index in [1.54, 1.807) is 0 Å². The lowest BCUT2D eigenvalue weighted by Gasteiger charge is -2.10. The number of amides is 1. The minimum atomic E-state index is -4.50. The van der Waals surface area contributed by atoms with E-state index in [4.69, 9.17) is 0 Å². The molecule has 4 nitrogen and oxygen atoms in total. The lowest BCUT2D eigenvalue weighted by molar-refractivity contribution is -0.138. The van der Waals surface area contributed by atoms with Crippen LogP contribution < -0.4 is 5.32 Å². The van der Waals surface area contributed by atoms with Crippen molar-refractivity contribution < 1.29 is 27.5 Å². The van der Waals surface area contributed by atoms with Gasteiger partial charge in [0.05, 0.1) is 5.56 Å². The Labute approximate surface area is 93.4 Å². The van der Waals surface area contributed by atoms with Crippen LogP contribution in [0.3, 0.4) is 0 Å². The predicted molar refractivity (Wildman–Crippen MR) is 48.8 cm³/mol. The fourth-order valence-electron chi connectivity index (χ4n) is 1.47. The lowest BCUT2D eigenvalue weighted by Crippen LogP contribution is -2.20. The fraction of sp³-hybridized carbons (Fsp3) is 0.200. The molecule has 1 amide bonds. The van der Waals surface area contributed by atoms with Crippen LogP contribution in [0.15, 0.2) is 24.3 Å². The van der Waals surface area contributed by atoms with E-state index in [1.807, 2.05) is 0 Å². The van der Waals surface area contributed by atoms with Gasteiger partial charge in [-0.15, -0.1) is 0 Å². The highest BCUT2D eigenvalue weighted by molar-refractivity contribution is 5.96. The van der Waals surface area contributed by atoms with Crippen molar-refractivity contribution in [1.82, 2.24) is 5.32 Å². The second kappa shape index (κ2) is 3.76. The second-order valence-corrected chi connectivity index (χ2v) is 3.41. The summed E-state index contributed by atoms with van der Waals surface area (Å²) in [5.41, 5.74) is -0.848. The number of carbonyl (C=O) groups excluding carboxylic acids is 2. The third kappa shape index (κ3) is 2.22. The molecule has 0 aromatic heterocycles. The first-order valence-corrected chi connectivity index (χ1v) is 4.57. The van der Waals surface area contributed by atoms with Crippen LogP contribution in [0, 0.1) is 0 Å². The third-order valence-corrected chi connectivity index (χ3v) is 2.24. The molecule has 90 valence electrons. The zero-order chi connectivity index (χ0) is 12.6. The number of cyclic esters (lactones) is 2. The van der Waals surface area contributed by atoms with Gasteiger partial charge >= 0.3 is 18.2 Å². The molecule has 0 saturated carbocycles. The molecular formula is C10H6F3NO3. The lowest BCUT2D eigenvalue weighted by atomic mass is 10.0. The molecule has 0 spiro atoms. The van der Waals surface area contributed by atoms with Crippen LogP contribution in [-0.2, 0) is 15.7 Å². The number of carbonyl (C=O) groups is 2. The van der Waals surface area contributed by atoms with Gasteiger partial charge in [0.1, 0.15) is 0 Å². The van der Waals surface area contributed by atoms with Crippen LogP contribution in [0.4, 0.5) is 18.0 Å². The number of rotatable bonds is 1. The van der Waals surface area contributed by atoms with Gasteiger partial charge in [-0.1, -0.05) is 12.1 Å². The maximum atomic E-state index is 12.4. The van der Waals surface area contributed by atoms with Crippen molar-refractivity contribution in [3.8, 4) is 0 Å². The van der Waals surface area contributed by atoms with Gasteiger partial charge in [0, 0.05) is 0 Å². The molecule has 1 heterocycles. The molecule has 0 aliphatic carbocycles. The summed E-state index contributed by atoms with van der Waals surface area (Å²) in [4.78, 5) is 21.9. The molecule has 0 radical (unpaired) electrons. The van der Waals surface area contributed by atoms with E-state index in [-0.39, 0.29) is 5.56 Å². The molecule has 1 aromatic rings. The van der Waals surface area contributed by atoms with Gasteiger partial charge in [0.2, 0.25) is 0 Å². The summed E-state index contributed by atoms with van der Waals surface area (Å²) in [5.74, 6) is -0.908. The van der Waals surface area contributed by atoms with Crippen molar-refractivity contribution in [1.29, 1.82) is 0 Å². The molecule has 1 aromatic carbocycles. The molecule has 2 rings (SSSR count). The molecule has 1 fully saturated rings. The highest BCUT2D eigenvalue weighted by Crippen LogP contribution is 2.31. The summed E-state index contributed by atoms with van der Waals surface area (Å²) < 4.78 is 41.5. The Hall–Kier alpha value is -2.05. The van der Waals surface area contributed by atoms with Crippen molar-refractivity contribution >= 4 is 12.1 Å². The van der Waals surface area contributed by atoms with Crippen LogP contribution >= 0.6 is 0 Å². The first-order chi connectivity index (χ1) is 7.88. The maximum Gasteiger partial charge on any atom is 0.416 e. The van der Waals surface area contributed by atoms with Crippen molar-refractivity contribution in [2.24, 2.45) is 0 Å². The topological polar surface area (TPSA) is 55.4 Å². The Bertz CT molecular complexity index is 484. The van der Waals surface area contributed by atoms with Crippen molar-refractivity contribution in [2.75, 3.05) is 0 Å². The first-order valence-electron chi connectivity index (χ1n) is 4.57. The van der Waals surface area contributed by atoms with Crippen LogP contribution in [0.25, 0.3) is 0 Å². The average Bonchev–Trinajstić information content (AvgIpc) is 2.57. The fourth-order valence-corrected chi connectivity index (χ4v) is 1.47. The van der Waals surface area contributed by atoms with E-state index in [9.17, 15) is 22.8 Å². The van der Waals surface area contributed by atoms with Gasteiger partial charge in [-0.25, -0.2) is 9.59 Å². The largest absolute Gasteiger partial charge is 0.416 e. The molecule has 1 aliphatic heterocycles. The van der Waals surface area contributed by atoms with Crippen molar-refractivity contribution in [3.63, 3.8) is 0 Å². The summed E-state index contributed by atoms with van der Waals surface area (Å²) in [5, 5.41) is 2.12. The minimum Gasteiger partial charge on any atom is -0.374 e. The normalized spacial score (nSPS) is 20.1. The molecule has 17 heavy (non-hydrogen) atoms. The second-order valence-electron chi connectivity index (χ2n) is 3.41. The monoisotopic (exact) mass is 245 g/mol. The van der Waals surface area contributed by atoms with Crippen LogP contribution in [0.5, 0.6) is 0 Å². The zero-order valence-electron chi connectivity index (χ0n) is 8.25. The number of ether oxygens (including phenoxy) is 1. The molecular weight excluding hydrogens is 239 g/mol. The van der Waals surface area contributed by atoms with Gasteiger partial charge in [-0.3, -0.25) is 0 Å². The number of halogens is 3. The summed E-state index contributed by atoms with van der Waals surface area (Å²) in [7, 11) is 0. The number of nitrogens with one attached hydrogen (secondary N) is 1. The maximum absolute atomic E-state index is 12.4. The summed E-state index contributed by atoms with van der Waals surface area (Å²) in [6.45, 7) is 0. The van der Waals surface area contributed by atoms with E-state index in [2.05, 4.69) is 10.1 Å². The summed E-state index contributed by atoms with van der Waals surface area (Å²) in [6, 6.07) is 2.98. The molecule has 1 atom stereocenters. The number of hydrogen-bond acceptors (Lipinski definition) is 3. The number of hydrogen-bond donors (Lipinski definition) is 1. The van der Waals surface area contributed by atoms with E-state index >= 15 is 0 Å². The van der Waals surface area contributed by atoms with Crippen molar-refractivity contribution in [2.45, 2.75) is 12.2 Å². The number of esters is 1. The molecule has 1 aliphatic rings. The Morgan fingerprint density at radius 3 is 2.47 bits per heavy atom. The number of alkyl halides is 3. The predicted octanol–water partition coefficient (Wildman–Crippen LogP) is 2.01. The summed E-state index contributed by atoms with van der Waals surface area (Å²) >= 11 is 0. The van der Waals surface area contributed by atoms with E-state index in [0.29, 0.717) is 0 Å². The summed E-state index contributed by atoms with van der Waals surface area (Å²) in [6.07, 6.45) is -5.46. The third-order valence-electron chi connectivity index (χ3n) is 2.24. The Balaban J connectivity index is 2.34. The standard InChI is InChI=1S/C10H6F3NO3/c11-10(12,13)6-3-1-2-5(4-6)7-8(15)17-9(16)14-7/h1-4,7H,(H,14,16). The highest BCUT2D eigenvalue weighted by atomic mass is 19.4. The minimum absolute atomic E-state index is 0.0377. The van der Waals surface area contributed by atoms with E-state index < -0.39 is 29.8 Å². The van der Waals surface area contributed by atoms with Crippen LogP contribution in [0.1, 0.15) is 17.2 Å². The number of benzene rings is 1. The Kier molecular flexibility index (Phi) is 2.53. The number of alkyl carbamates (subject to hydrolysis) is 1. The highest BCUT2D eigenvalue weighted by Gasteiger charge is 2.36. The van der Waals surface area contributed by atoms with Crippen LogP contribution in [-0.4, -0.2) is 12.1 Å². The van der Waals surface area contributed by atoms with Gasteiger partial charge < -0.3 is 10.1 Å². The van der Waals surface area contributed by atoms with E-state index in [1.165, 1.54) is 6.07 Å². The SMILES string of the molecule is O=C1NC(c2cccc(C(F)(F)F)c2)C(=O)O1. The quantitative estimate of drug-likeness (QED) is 0.608. The Morgan fingerprint density at radius 1 is 1.24 bits per heavy atom. The van der Waals surface area contributed by atoms with Gasteiger partial charge in [-0.2, -0.15) is 13.2 Å². The molecule has 0 bridgehead atoms. The van der Waals surface area contributed by atoms with Crippen molar-refractivity contribution in [3.05, 3.63) is 35.4 Å². The Morgan fingerprint density at radius 2 is 1.94 bits per heavy atom. The van der Waals surface area contributed by atoms with E-state index in [0.717, 1.165) is 18.2 Å². The van der Waals surface area contributed by atoms with Crippen LogP contribution in [0.2, 0.25) is 0 Å². The molecule has 1 unspecified atom stereocenters. The molecule has 7 heteroatoms. The van der Waals surface area contributed by atoms with Gasteiger partial charge in [-0.05, 0) is 17.7 Å². The van der Waals surface area contributed by atoms with Gasteiger partial charge in [0.15, 0.2) is 6.04 Å². The van der Waals surface area contributed by atoms with Gasteiger partial charge in [0.25, 0.3) is 0 Å². The first kappa shape index (κ1) is 11.4. The molecule has 1 N–H and O–H groups in total. The smallest absolute Gasteiger partial charge is 0.374 e. The average molecular weight is 245 g/mol.